The number of ether oxygens (including phenoxy) is 3. The Hall–Kier alpha value is -3.48. The molecule has 28 heavy (non-hydrogen) atoms. The first-order valence-corrected chi connectivity index (χ1v) is 8.93. The fraction of sp³-hybridized carbons (Fsp3) is 0.238. The first-order valence-electron chi connectivity index (χ1n) is 8.93. The zero-order chi connectivity index (χ0) is 19.8. The molecule has 0 spiro atoms. The fourth-order valence-electron chi connectivity index (χ4n) is 3.58. The van der Waals surface area contributed by atoms with Crippen molar-refractivity contribution in [3.05, 3.63) is 52.9 Å². The Balaban J connectivity index is 2.07. The monoisotopic (exact) mass is 379 g/mol. The normalized spacial score (nSPS) is 11.1. The van der Waals surface area contributed by atoms with Gasteiger partial charge in [-0.3, -0.25) is 4.79 Å². The van der Waals surface area contributed by atoms with Crippen LogP contribution in [0, 0.1) is 0 Å². The van der Waals surface area contributed by atoms with E-state index in [1.54, 1.807) is 39.7 Å². The summed E-state index contributed by atoms with van der Waals surface area (Å²) in [6.45, 7) is 2.63. The van der Waals surface area contributed by atoms with E-state index in [-0.39, 0.29) is 5.56 Å². The van der Waals surface area contributed by atoms with Crippen molar-refractivity contribution < 1.29 is 14.2 Å². The maximum atomic E-state index is 13.4. The zero-order valence-electron chi connectivity index (χ0n) is 16.2. The van der Waals surface area contributed by atoms with Gasteiger partial charge < -0.3 is 18.8 Å². The molecule has 0 aliphatic carbocycles. The predicted octanol–water partition coefficient (Wildman–Crippen LogP) is 3.39. The number of aromatic nitrogens is 3. The van der Waals surface area contributed by atoms with Crippen molar-refractivity contribution in [3.8, 4) is 22.9 Å². The molecule has 2 aromatic carbocycles. The molecule has 4 rings (SSSR count). The van der Waals surface area contributed by atoms with Crippen LogP contribution in [0.25, 0.3) is 27.5 Å². The highest BCUT2D eigenvalue weighted by molar-refractivity contribution is 6.11. The lowest BCUT2D eigenvalue weighted by Gasteiger charge is -2.08. The molecule has 0 N–H and O–H groups in total. The number of methoxy groups -OCH3 is 3. The second kappa shape index (κ2) is 6.92. The molecular weight excluding hydrogens is 358 g/mol. The smallest absolute Gasteiger partial charge is 0.296 e. The lowest BCUT2D eigenvalue weighted by Crippen LogP contribution is -2.22. The molecule has 0 saturated carbocycles. The minimum atomic E-state index is -0.193. The van der Waals surface area contributed by atoms with E-state index in [1.165, 1.54) is 4.68 Å². The molecule has 0 amide bonds. The molecule has 0 unspecified atom stereocenters. The second-order valence-corrected chi connectivity index (χ2v) is 6.29. The summed E-state index contributed by atoms with van der Waals surface area (Å²) < 4.78 is 19.5. The van der Waals surface area contributed by atoms with Crippen molar-refractivity contribution in [2.24, 2.45) is 0 Å². The van der Waals surface area contributed by atoms with Crippen molar-refractivity contribution >= 4 is 21.8 Å². The second-order valence-electron chi connectivity index (χ2n) is 6.29. The Labute approximate surface area is 161 Å². The highest BCUT2D eigenvalue weighted by Gasteiger charge is 2.20. The number of benzene rings is 2. The van der Waals surface area contributed by atoms with Gasteiger partial charge in [-0.25, -0.2) is 0 Å². The summed E-state index contributed by atoms with van der Waals surface area (Å²) in [5.74, 6) is 2.04. The van der Waals surface area contributed by atoms with Gasteiger partial charge in [0, 0.05) is 24.1 Å². The third kappa shape index (κ3) is 2.58. The predicted molar refractivity (Wildman–Crippen MR) is 108 cm³/mol. The standard InChI is InChI=1S/C21H21N3O4/c1-5-23-17-10-15(27-3)11-18(28-4)19(17)16-12-22-24(21(25)20(16)23)13-6-8-14(26-2)9-7-13/h6-12H,5H2,1-4H3. The van der Waals surface area contributed by atoms with E-state index in [1.807, 2.05) is 35.8 Å². The van der Waals surface area contributed by atoms with Gasteiger partial charge in [-0.1, -0.05) is 0 Å². The van der Waals surface area contributed by atoms with E-state index in [0.717, 1.165) is 22.0 Å². The van der Waals surface area contributed by atoms with Crippen LogP contribution in [-0.4, -0.2) is 35.7 Å². The van der Waals surface area contributed by atoms with Crippen molar-refractivity contribution in [3.63, 3.8) is 0 Å². The van der Waals surface area contributed by atoms with Crippen LogP contribution in [0.2, 0.25) is 0 Å². The quantitative estimate of drug-likeness (QED) is 0.532. The Bertz CT molecular complexity index is 1220. The molecule has 7 heteroatoms. The van der Waals surface area contributed by atoms with Crippen molar-refractivity contribution in [1.29, 1.82) is 0 Å². The summed E-state index contributed by atoms with van der Waals surface area (Å²) in [7, 11) is 4.82. The highest BCUT2D eigenvalue weighted by Crippen LogP contribution is 2.37. The zero-order valence-corrected chi connectivity index (χ0v) is 16.2. The summed E-state index contributed by atoms with van der Waals surface area (Å²) in [6, 6.07) is 11.0. The molecule has 2 aromatic heterocycles. The molecule has 0 radical (unpaired) electrons. The Morgan fingerprint density at radius 1 is 0.964 bits per heavy atom. The molecule has 0 bridgehead atoms. The van der Waals surface area contributed by atoms with Crippen LogP contribution in [0.3, 0.4) is 0 Å². The summed E-state index contributed by atoms with van der Waals surface area (Å²) in [5.41, 5.74) is 1.93. The van der Waals surface area contributed by atoms with Crippen LogP contribution >= 0.6 is 0 Å². The minimum Gasteiger partial charge on any atom is -0.497 e. The molecule has 0 fully saturated rings. The summed E-state index contributed by atoms with van der Waals surface area (Å²) in [6.07, 6.45) is 1.71. The first kappa shape index (κ1) is 17.9. The molecule has 7 nitrogen and oxygen atoms in total. The van der Waals surface area contributed by atoms with Crippen molar-refractivity contribution in [2.75, 3.05) is 21.3 Å². The maximum Gasteiger partial charge on any atom is 0.296 e. The van der Waals surface area contributed by atoms with E-state index < -0.39 is 0 Å². The third-order valence-electron chi connectivity index (χ3n) is 4.93. The minimum absolute atomic E-state index is 0.193. The Kier molecular flexibility index (Phi) is 4.43. The largest absolute Gasteiger partial charge is 0.497 e. The summed E-state index contributed by atoms with van der Waals surface area (Å²) in [5, 5.41) is 6.02. The van der Waals surface area contributed by atoms with Gasteiger partial charge in [0.05, 0.1) is 44.1 Å². The molecule has 0 atom stereocenters. The van der Waals surface area contributed by atoms with Gasteiger partial charge in [0.1, 0.15) is 22.8 Å². The van der Waals surface area contributed by atoms with Gasteiger partial charge in [-0.2, -0.15) is 9.78 Å². The average Bonchev–Trinajstić information content (AvgIpc) is 3.07. The molecule has 0 aliphatic heterocycles. The molecule has 4 aromatic rings. The van der Waals surface area contributed by atoms with E-state index >= 15 is 0 Å². The van der Waals surface area contributed by atoms with E-state index in [9.17, 15) is 4.79 Å². The first-order chi connectivity index (χ1) is 13.6. The van der Waals surface area contributed by atoms with Gasteiger partial charge >= 0.3 is 0 Å². The van der Waals surface area contributed by atoms with Gasteiger partial charge in [-0.05, 0) is 31.2 Å². The van der Waals surface area contributed by atoms with Crippen LogP contribution in [0.4, 0.5) is 0 Å². The van der Waals surface area contributed by atoms with Gasteiger partial charge in [0.2, 0.25) is 0 Å². The lowest BCUT2D eigenvalue weighted by atomic mass is 10.1. The van der Waals surface area contributed by atoms with E-state index in [4.69, 9.17) is 14.2 Å². The Morgan fingerprint density at radius 2 is 1.68 bits per heavy atom. The van der Waals surface area contributed by atoms with E-state index in [0.29, 0.717) is 29.2 Å². The summed E-state index contributed by atoms with van der Waals surface area (Å²) >= 11 is 0. The fourth-order valence-corrected chi connectivity index (χ4v) is 3.58. The molecule has 2 heterocycles. The summed E-state index contributed by atoms with van der Waals surface area (Å²) in [4.78, 5) is 13.4. The number of hydrogen-bond acceptors (Lipinski definition) is 5. The van der Waals surface area contributed by atoms with Crippen molar-refractivity contribution in [1.82, 2.24) is 14.3 Å². The lowest BCUT2D eigenvalue weighted by molar-refractivity contribution is 0.398. The third-order valence-corrected chi connectivity index (χ3v) is 4.93. The maximum absolute atomic E-state index is 13.4. The number of nitrogens with zero attached hydrogens (tertiary/aromatic N) is 3. The molecule has 0 aliphatic rings. The van der Waals surface area contributed by atoms with Gasteiger partial charge in [0.15, 0.2) is 0 Å². The average molecular weight is 379 g/mol. The van der Waals surface area contributed by atoms with Crippen LogP contribution in [0.15, 0.2) is 47.4 Å². The number of rotatable bonds is 5. The number of hydrogen-bond donors (Lipinski definition) is 0. The number of fused-ring (bicyclic) bond motifs is 3. The molecule has 0 saturated heterocycles. The van der Waals surface area contributed by atoms with Crippen LogP contribution in [0.5, 0.6) is 17.2 Å². The molecular formula is C21H21N3O4. The topological polar surface area (TPSA) is 67.5 Å². The van der Waals surface area contributed by atoms with Gasteiger partial charge in [0.25, 0.3) is 5.56 Å². The molecule has 144 valence electrons. The number of aryl methyl sites for hydroxylation is 1. The van der Waals surface area contributed by atoms with E-state index in [2.05, 4.69) is 5.10 Å². The van der Waals surface area contributed by atoms with Crippen LogP contribution in [-0.2, 0) is 6.54 Å². The Morgan fingerprint density at radius 3 is 2.29 bits per heavy atom. The van der Waals surface area contributed by atoms with Crippen LogP contribution in [0.1, 0.15) is 6.92 Å². The highest BCUT2D eigenvalue weighted by atomic mass is 16.5. The SMILES string of the molecule is CCn1c2cc(OC)cc(OC)c2c2cnn(-c3ccc(OC)cc3)c(=O)c21. The van der Waals surface area contributed by atoms with Crippen LogP contribution < -0.4 is 19.8 Å². The van der Waals surface area contributed by atoms with Crippen molar-refractivity contribution in [2.45, 2.75) is 13.5 Å². The van der Waals surface area contributed by atoms with Gasteiger partial charge in [-0.15, -0.1) is 0 Å².